The zero-order valence-corrected chi connectivity index (χ0v) is 10.1. The summed E-state index contributed by atoms with van der Waals surface area (Å²) in [5.74, 6) is 1.90. The summed E-state index contributed by atoms with van der Waals surface area (Å²) in [7, 11) is 0. The van der Waals surface area contributed by atoms with Crippen molar-refractivity contribution in [1.29, 1.82) is 0 Å². The Morgan fingerprint density at radius 2 is 2.13 bits per heavy atom. The smallest absolute Gasteiger partial charge is 0.110 e. The van der Waals surface area contributed by atoms with E-state index in [1.165, 1.54) is 12.8 Å². The molecule has 1 heterocycles. The maximum atomic E-state index is 5.78. The van der Waals surface area contributed by atoms with E-state index < -0.39 is 0 Å². The van der Waals surface area contributed by atoms with Gasteiger partial charge in [-0.15, -0.1) is 0 Å². The highest BCUT2D eigenvalue weighted by atomic mass is 15.1. The molecule has 1 aromatic heterocycles. The first-order valence-corrected chi connectivity index (χ1v) is 5.85. The highest BCUT2D eigenvalue weighted by Crippen LogP contribution is 2.07. The number of nitrogens with zero attached hydrogens (tertiary/aromatic N) is 2. The predicted molar refractivity (Wildman–Crippen MR) is 63.7 cm³/mol. The number of hydrogen-bond acceptors (Lipinski definition) is 2. The Balaban J connectivity index is 2.43. The van der Waals surface area contributed by atoms with Crippen molar-refractivity contribution >= 4 is 0 Å². The molecule has 0 radical (unpaired) electrons. The third-order valence-corrected chi connectivity index (χ3v) is 2.49. The summed E-state index contributed by atoms with van der Waals surface area (Å²) in [4.78, 5) is 4.34. The Kier molecular flexibility index (Phi) is 4.82. The lowest BCUT2D eigenvalue weighted by Gasteiger charge is -2.10. The fraction of sp³-hybridized carbons (Fsp3) is 0.750. The third-order valence-electron chi connectivity index (χ3n) is 2.49. The topological polar surface area (TPSA) is 43.8 Å². The van der Waals surface area contributed by atoms with Crippen LogP contribution in [0.5, 0.6) is 0 Å². The van der Waals surface area contributed by atoms with Gasteiger partial charge in [-0.25, -0.2) is 4.98 Å². The minimum Gasteiger partial charge on any atom is -0.335 e. The van der Waals surface area contributed by atoms with Crippen molar-refractivity contribution in [3.63, 3.8) is 0 Å². The number of imidazole rings is 1. The van der Waals surface area contributed by atoms with E-state index in [9.17, 15) is 0 Å². The average molecular weight is 209 g/mol. The Morgan fingerprint density at radius 3 is 2.73 bits per heavy atom. The van der Waals surface area contributed by atoms with E-state index in [-0.39, 0.29) is 6.04 Å². The number of nitrogens with two attached hydrogens (primary N) is 1. The lowest BCUT2D eigenvalue weighted by atomic mass is 10.1. The van der Waals surface area contributed by atoms with Crippen LogP contribution in [-0.2, 0) is 13.0 Å². The minimum atomic E-state index is 0.191. The zero-order valence-electron chi connectivity index (χ0n) is 10.1. The van der Waals surface area contributed by atoms with Gasteiger partial charge in [-0.2, -0.15) is 0 Å². The Bertz CT molecular complexity index is 276. The van der Waals surface area contributed by atoms with Crippen LogP contribution < -0.4 is 5.73 Å². The van der Waals surface area contributed by atoms with E-state index in [1.807, 2.05) is 13.1 Å². The highest BCUT2D eigenvalue weighted by Gasteiger charge is 2.05. The highest BCUT2D eigenvalue weighted by molar-refractivity contribution is 4.94. The molecule has 1 aromatic rings. The van der Waals surface area contributed by atoms with Gasteiger partial charge < -0.3 is 10.3 Å². The van der Waals surface area contributed by atoms with Crippen LogP contribution in [0.1, 0.15) is 39.4 Å². The van der Waals surface area contributed by atoms with E-state index in [2.05, 4.69) is 29.6 Å². The van der Waals surface area contributed by atoms with Crippen LogP contribution in [0.3, 0.4) is 0 Å². The minimum absolute atomic E-state index is 0.191. The molecule has 1 rings (SSSR count). The molecule has 1 atom stereocenters. The maximum absolute atomic E-state index is 5.78. The van der Waals surface area contributed by atoms with Crippen LogP contribution in [0.15, 0.2) is 12.4 Å². The molecule has 0 aromatic carbocycles. The third kappa shape index (κ3) is 4.47. The molecule has 0 aliphatic heterocycles. The summed E-state index contributed by atoms with van der Waals surface area (Å²) in [5, 5.41) is 0. The number of aryl methyl sites for hydroxylation is 1. The molecule has 0 fully saturated rings. The number of hydrogen-bond donors (Lipinski definition) is 1. The van der Waals surface area contributed by atoms with Gasteiger partial charge in [-0.05, 0) is 25.7 Å². The van der Waals surface area contributed by atoms with Gasteiger partial charge in [-0.1, -0.05) is 13.8 Å². The molecule has 86 valence electrons. The summed E-state index contributed by atoms with van der Waals surface area (Å²) in [6.45, 7) is 7.61. The first-order valence-electron chi connectivity index (χ1n) is 5.85. The van der Waals surface area contributed by atoms with Crippen LogP contribution in [0.25, 0.3) is 0 Å². The summed E-state index contributed by atoms with van der Waals surface area (Å²) in [6.07, 6.45) is 7.29. The SMILES string of the molecule is CC(C)CCCn1ccnc1CC(C)N. The monoisotopic (exact) mass is 209 g/mol. The fourth-order valence-corrected chi connectivity index (χ4v) is 1.69. The fourth-order valence-electron chi connectivity index (χ4n) is 1.69. The normalized spacial score (nSPS) is 13.4. The van der Waals surface area contributed by atoms with Gasteiger partial charge in [0.05, 0.1) is 0 Å². The van der Waals surface area contributed by atoms with Gasteiger partial charge in [0.25, 0.3) is 0 Å². The predicted octanol–water partition coefficient (Wildman–Crippen LogP) is 2.21. The molecule has 15 heavy (non-hydrogen) atoms. The molecule has 0 saturated heterocycles. The Hall–Kier alpha value is -0.830. The van der Waals surface area contributed by atoms with Gasteiger partial charge in [0, 0.05) is 31.4 Å². The summed E-state index contributed by atoms with van der Waals surface area (Å²) in [5.41, 5.74) is 5.78. The van der Waals surface area contributed by atoms with Crippen LogP contribution in [0.4, 0.5) is 0 Å². The second-order valence-electron chi connectivity index (χ2n) is 4.75. The Morgan fingerprint density at radius 1 is 1.40 bits per heavy atom. The molecule has 0 aliphatic rings. The van der Waals surface area contributed by atoms with Gasteiger partial charge in [-0.3, -0.25) is 0 Å². The average Bonchev–Trinajstić information content (AvgIpc) is 2.51. The summed E-state index contributed by atoms with van der Waals surface area (Å²) >= 11 is 0. The van der Waals surface area contributed by atoms with Crippen molar-refractivity contribution in [2.24, 2.45) is 11.7 Å². The van der Waals surface area contributed by atoms with E-state index in [4.69, 9.17) is 5.73 Å². The quantitative estimate of drug-likeness (QED) is 0.780. The van der Waals surface area contributed by atoms with Gasteiger partial charge >= 0.3 is 0 Å². The van der Waals surface area contributed by atoms with Crippen molar-refractivity contribution in [3.8, 4) is 0 Å². The summed E-state index contributed by atoms with van der Waals surface area (Å²) < 4.78 is 2.23. The first-order chi connectivity index (χ1) is 7.09. The molecule has 3 nitrogen and oxygen atoms in total. The van der Waals surface area contributed by atoms with Gasteiger partial charge in [0.2, 0.25) is 0 Å². The molecule has 0 amide bonds. The zero-order chi connectivity index (χ0) is 11.3. The van der Waals surface area contributed by atoms with Crippen molar-refractivity contribution in [3.05, 3.63) is 18.2 Å². The van der Waals surface area contributed by atoms with E-state index >= 15 is 0 Å². The molecule has 0 bridgehead atoms. The summed E-state index contributed by atoms with van der Waals surface area (Å²) in [6, 6.07) is 0.191. The van der Waals surface area contributed by atoms with Gasteiger partial charge in [0.15, 0.2) is 0 Å². The standard InChI is InChI=1S/C12H23N3/c1-10(2)5-4-7-15-8-6-14-12(15)9-11(3)13/h6,8,10-11H,4-5,7,9,13H2,1-3H3. The molecular formula is C12H23N3. The van der Waals surface area contributed by atoms with Crippen LogP contribution in [0.2, 0.25) is 0 Å². The molecule has 0 saturated carbocycles. The van der Waals surface area contributed by atoms with Crippen molar-refractivity contribution in [2.45, 2.75) is 52.6 Å². The maximum Gasteiger partial charge on any atom is 0.110 e. The molecule has 0 aliphatic carbocycles. The van der Waals surface area contributed by atoms with Crippen molar-refractivity contribution < 1.29 is 0 Å². The van der Waals surface area contributed by atoms with E-state index in [1.54, 1.807) is 0 Å². The van der Waals surface area contributed by atoms with Crippen molar-refractivity contribution in [1.82, 2.24) is 9.55 Å². The molecule has 2 N–H and O–H groups in total. The van der Waals surface area contributed by atoms with E-state index in [0.29, 0.717) is 0 Å². The van der Waals surface area contributed by atoms with Gasteiger partial charge in [0.1, 0.15) is 5.82 Å². The van der Waals surface area contributed by atoms with Crippen LogP contribution in [0, 0.1) is 5.92 Å². The van der Waals surface area contributed by atoms with E-state index in [0.717, 1.165) is 24.7 Å². The number of rotatable bonds is 6. The van der Waals surface area contributed by atoms with Crippen LogP contribution in [-0.4, -0.2) is 15.6 Å². The second-order valence-corrected chi connectivity index (χ2v) is 4.75. The van der Waals surface area contributed by atoms with Crippen LogP contribution >= 0.6 is 0 Å². The largest absolute Gasteiger partial charge is 0.335 e. The molecule has 3 heteroatoms. The number of aromatic nitrogens is 2. The molecule has 1 unspecified atom stereocenters. The van der Waals surface area contributed by atoms with Crippen molar-refractivity contribution in [2.75, 3.05) is 0 Å². The second kappa shape index (κ2) is 5.91. The molecular weight excluding hydrogens is 186 g/mol. The molecule has 0 spiro atoms. The first kappa shape index (κ1) is 12.2. The lowest BCUT2D eigenvalue weighted by Crippen LogP contribution is -2.20. The lowest BCUT2D eigenvalue weighted by molar-refractivity contribution is 0.500. The Labute approximate surface area is 92.7 Å².